The molecule has 1 N–H and O–H groups in total. The van der Waals surface area contributed by atoms with Crippen LogP contribution in [0.4, 0.5) is 0 Å². The summed E-state index contributed by atoms with van der Waals surface area (Å²) in [4.78, 5) is 0. The molecule has 78 valence electrons. The number of aliphatic hydroxyl groups excluding tert-OH is 1. The highest BCUT2D eigenvalue weighted by Gasteiger charge is 2.30. The van der Waals surface area contributed by atoms with Crippen LogP contribution in [0.3, 0.4) is 0 Å². The lowest BCUT2D eigenvalue weighted by Crippen LogP contribution is -2.23. The van der Waals surface area contributed by atoms with Crippen LogP contribution in [0.2, 0.25) is 0 Å². The normalized spacial score (nSPS) is 30.1. The zero-order valence-electron chi connectivity index (χ0n) is 8.65. The molecule has 0 spiro atoms. The summed E-state index contributed by atoms with van der Waals surface area (Å²) in [5, 5.41) is 10.1. The summed E-state index contributed by atoms with van der Waals surface area (Å²) in [6.45, 7) is 2.23. The minimum absolute atomic E-state index is 0.384. The van der Waals surface area contributed by atoms with E-state index in [1.807, 2.05) is 12.1 Å². The van der Waals surface area contributed by atoms with Crippen molar-refractivity contribution in [2.24, 2.45) is 11.8 Å². The van der Waals surface area contributed by atoms with Crippen molar-refractivity contribution < 1.29 is 9.52 Å². The molecule has 2 nitrogen and oxygen atoms in total. The Morgan fingerprint density at radius 2 is 2.21 bits per heavy atom. The van der Waals surface area contributed by atoms with Crippen molar-refractivity contribution in [1.29, 1.82) is 0 Å². The van der Waals surface area contributed by atoms with Gasteiger partial charge in [0.2, 0.25) is 0 Å². The molecule has 0 aliphatic heterocycles. The van der Waals surface area contributed by atoms with Crippen LogP contribution >= 0.6 is 0 Å². The van der Waals surface area contributed by atoms with Crippen molar-refractivity contribution in [3.8, 4) is 0 Å². The van der Waals surface area contributed by atoms with Gasteiger partial charge < -0.3 is 9.52 Å². The third-order valence-electron chi connectivity index (χ3n) is 3.42. The van der Waals surface area contributed by atoms with E-state index >= 15 is 0 Å². The van der Waals surface area contributed by atoms with Crippen LogP contribution in [0.5, 0.6) is 0 Å². The summed E-state index contributed by atoms with van der Waals surface area (Å²) in [5.74, 6) is 1.72. The Balaban J connectivity index is 2.06. The van der Waals surface area contributed by atoms with E-state index in [4.69, 9.17) is 4.42 Å². The van der Waals surface area contributed by atoms with Gasteiger partial charge in [0.15, 0.2) is 0 Å². The summed E-state index contributed by atoms with van der Waals surface area (Å²) < 4.78 is 5.25. The largest absolute Gasteiger partial charge is 0.467 e. The number of rotatable bonds is 2. The summed E-state index contributed by atoms with van der Waals surface area (Å²) in [6, 6.07) is 3.71. The molecule has 1 fully saturated rings. The molecule has 1 aliphatic rings. The first-order chi connectivity index (χ1) is 6.79. The maximum Gasteiger partial charge on any atom is 0.132 e. The number of furan rings is 1. The fourth-order valence-electron chi connectivity index (χ4n) is 2.48. The summed E-state index contributed by atoms with van der Waals surface area (Å²) >= 11 is 0. The number of hydrogen-bond acceptors (Lipinski definition) is 2. The molecular formula is C12H18O2. The van der Waals surface area contributed by atoms with Gasteiger partial charge in [-0.3, -0.25) is 0 Å². The fourth-order valence-corrected chi connectivity index (χ4v) is 2.48. The number of hydrogen-bond donors (Lipinski definition) is 1. The van der Waals surface area contributed by atoms with Gasteiger partial charge >= 0.3 is 0 Å². The van der Waals surface area contributed by atoms with E-state index in [2.05, 4.69) is 6.92 Å². The van der Waals surface area contributed by atoms with Crippen LogP contribution in [0, 0.1) is 11.8 Å². The Labute approximate surface area is 84.9 Å². The monoisotopic (exact) mass is 194 g/mol. The average molecular weight is 194 g/mol. The van der Waals surface area contributed by atoms with E-state index in [0.29, 0.717) is 11.8 Å². The van der Waals surface area contributed by atoms with Crippen molar-refractivity contribution >= 4 is 0 Å². The highest BCUT2D eigenvalue weighted by Crippen LogP contribution is 2.38. The smallest absolute Gasteiger partial charge is 0.132 e. The predicted molar refractivity (Wildman–Crippen MR) is 54.8 cm³/mol. The van der Waals surface area contributed by atoms with Crippen LogP contribution in [0.1, 0.15) is 44.5 Å². The second-order valence-electron chi connectivity index (χ2n) is 4.39. The molecule has 2 rings (SSSR count). The molecule has 3 atom stereocenters. The van der Waals surface area contributed by atoms with Gasteiger partial charge in [0, 0.05) is 0 Å². The average Bonchev–Trinajstić information content (AvgIpc) is 2.70. The summed E-state index contributed by atoms with van der Waals surface area (Å²) in [5.41, 5.74) is 0. The second kappa shape index (κ2) is 4.18. The zero-order chi connectivity index (χ0) is 9.97. The molecule has 1 aliphatic carbocycles. The molecule has 2 heteroatoms. The molecule has 1 aromatic rings. The maximum atomic E-state index is 10.1. The van der Waals surface area contributed by atoms with Crippen molar-refractivity contribution in [2.75, 3.05) is 0 Å². The minimum atomic E-state index is -0.403. The standard InChI is InChI=1S/C12H18O2/c1-9-5-2-3-6-10(9)12(13)11-7-4-8-14-11/h4,7-10,12-13H,2-3,5-6H2,1H3. The lowest BCUT2D eigenvalue weighted by Gasteiger charge is -2.31. The molecule has 0 aromatic carbocycles. The first-order valence-electron chi connectivity index (χ1n) is 5.50. The maximum absolute atomic E-state index is 10.1. The Bertz CT molecular complexity index is 266. The third kappa shape index (κ3) is 1.85. The molecule has 0 amide bonds. The molecule has 1 aromatic heterocycles. The van der Waals surface area contributed by atoms with Gasteiger partial charge in [0.05, 0.1) is 6.26 Å². The third-order valence-corrected chi connectivity index (χ3v) is 3.42. The van der Waals surface area contributed by atoms with E-state index in [0.717, 1.165) is 12.2 Å². The second-order valence-corrected chi connectivity index (χ2v) is 4.39. The molecular weight excluding hydrogens is 176 g/mol. The van der Waals surface area contributed by atoms with Gasteiger partial charge in [-0.2, -0.15) is 0 Å². The molecule has 1 saturated carbocycles. The van der Waals surface area contributed by atoms with Crippen LogP contribution in [-0.2, 0) is 0 Å². The molecule has 1 heterocycles. The van der Waals surface area contributed by atoms with Crippen LogP contribution < -0.4 is 0 Å². The molecule has 0 bridgehead atoms. The van der Waals surface area contributed by atoms with Crippen molar-refractivity contribution in [3.63, 3.8) is 0 Å². The lowest BCUT2D eigenvalue weighted by atomic mass is 9.77. The first-order valence-corrected chi connectivity index (χ1v) is 5.50. The predicted octanol–water partition coefficient (Wildman–Crippen LogP) is 3.14. The Morgan fingerprint density at radius 3 is 2.86 bits per heavy atom. The lowest BCUT2D eigenvalue weighted by molar-refractivity contribution is 0.0367. The van der Waals surface area contributed by atoms with E-state index in [1.54, 1.807) is 6.26 Å². The zero-order valence-corrected chi connectivity index (χ0v) is 8.65. The minimum Gasteiger partial charge on any atom is -0.467 e. The van der Waals surface area contributed by atoms with Crippen LogP contribution in [0.15, 0.2) is 22.8 Å². The van der Waals surface area contributed by atoms with Gasteiger partial charge in [0.25, 0.3) is 0 Å². The van der Waals surface area contributed by atoms with Gasteiger partial charge in [-0.05, 0) is 30.4 Å². The van der Waals surface area contributed by atoms with Crippen LogP contribution in [-0.4, -0.2) is 5.11 Å². The Hall–Kier alpha value is -0.760. The first kappa shape index (κ1) is 9.78. The van der Waals surface area contributed by atoms with E-state index in [1.165, 1.54) is 19.3 Å². The van der Waals surface area contributed by atoms with Crippen molar-refractivity contribution in [2.45, 2.75) is 38.7 Å². The van der Waals surface area contributed by atoms with Crippen molar-refractivity contribution in [3.05, 3.63) is 24.2 Å². The highest BCUT2D eigenvalue weighted by molar-refractivity contribution is 5.04. The van der Waals surface area contributed by atoms with Crippen LogP contribution in [0.25, 0.3) is 0 Å². The molecule has 0 radical (unpaired) electrons. The van der Waals surface area contributed by atoms with Gasteiger partial charge in [-0.1, -0.05) is 26.2 Å². The Kier molecular flexibility index (Phi) is 2.92. The summed E-state index contributed by atoms with van der Waals surface area (Å²) in [7, 11) is 0. The van der Waals surface area contributed by atoms with E-state index in [9.17, 15) is 5.11 Å². The quantitative estimate of drug-likeness (QED) is 0.784. The molecule has 14 heavy (non-hydrogen) atoms. The van der Waals surface area contributed by atoms with E-state index in [-0.39, 0.29) is 0 Å². The van der Waals surface area contributed by atoms with Gasteiger partial charge in [-0.15, -0.1) is 0 Å². The fraction of sp³-hybridized carbons (Fsp3) is 0.667. The molecule has 0 saturated heterocycles. The SMILES string of the molecule is CC1CCCCC1C(O)c1ccco1. The topological polar surface area (TPSA) is 33.4 Å². The van der Waals surface area contributed by atoms with Gasteiger partial charge in [0.1, 0.15) is 11.9 Å². The number of aliphatic hydroxyl groups is 1. The van der Waals surface area contributed by atoms with Crippen molar-refractivity contribution in [1.82, 2.24) is 0 Å². The Morgan fingerprint density at radius 1 is 1.43 bits per heavy atom. The van der Waals surface area contributed by atoms with E-state index < -0.39 is 6.10 Å². The molecule has 3 unspecified atom stereocenters. The summed E-state index contributed by atoms with van der Waals surface area (Å²) in [6.07, 6.45) is 6.15. The highest BCUT2D eigenvalue weighted by atomic mass is 16.4. The van der Waals surface area contributed by atoms with Gasteiger partial charge in [-0.25, -0.2) is 0 Å².